The fourth-order valence-electron chi connectivity index (χ4n) is 2.73. The first-order chi connectivity index (χ1) is 12.1. The Bertz CT molecular complexity index is 1090. The van der Waals surface area contributed by atoms with E-state index in [1.807, 2.05) is 54.6 Å². The number of halogens is 1. The molecule has 4 aromatic rings. The monoisotopic (exact) mass is 349 g/mol. The largest absolute Gasteiger partial charge is 0.477 e. The van der Waals surface area contributed by atoms with Crippen LogP contribution in [0.3, 0.4) is 0 Å². The number of rotatable bonds is 3. The van der Waals surface area contributed by atoms with Gasteiger partial charge < -0.3 is 5.11 Å². The molecular formula is C19H12ClN3O2. The second-order valence-corrected chi connectivity index (χ2v) is 5.88. The molecule has 0 bridgehead atoms. The summed E-state index contributed by atoms with van der Waals surface area (Å²) in [5.74, 6) is -1.07. The van der Waals surface area contributed by atoms with Crippen LogP contribution in [0.25, 0.3) is 28.2 Å². The Morgan fingerprint density at radius 3 is 2.48 bits per heavy atom. The predicted octanol–water partition coefficient (Wildman–Crippen LogP) is 4.41. The molecule has 0 radical (unpaired) electrons. The highest BCUT2D eigenvalue weighted by molar-refractivity contribution is 6.33. The normalized spacial score (nSPS) is 10.9. The van der Waals surface area contributed by atoms with E-state index in [0.717, 1.165) is 11.1 Å². The van der Waals surface area contributed by atoms with Gasteiger partial charge in [0.2, 0.25) is 0 Å². The first-order valence-electron chi connectivity index (χ1n) is 7.57. The number of nitrogens with zero attached hydrogens (tertiary/aromatic N) is 3. The summed E-state index contributed by atoms with van der Waals surface area (Å²) >= 11 is 6.35. The lowest BCUT2D eigenvalue weighted by Crippen LogP contribution is -2.02. The molecule has 2 heterocycles. The van der Waals surface area contributed by atoms with Crippen molar-refractivity contribution in [2.45, 2.75) is 0 Å². The van der Waals surface area contributed by atoms with E-state index in [1.54, 1.807) is 6.07 Å². The Morgan fingerprint density at radius 1 is 1.04 bits per heavy atom. The van der Waals surface area contributed by atoms with Crippen LogP contribution < -0.4 is 0 Å². The molecule has 0 fully saturated rings. The molecule has 0 amide bonds. The molecule has 0 aliphatic carbocycles. The number of benzene rings is 2. The fourth-order valence-corrected chi connectivity index (χ4v) is 2.96. The van der Waals surface area contributed by atoms with Gasteiger partial charge in [0.1, 0.15) is 5.56 Å². The SMILES string of the molecule is O=C(O)c1cnn2c(-c3ccccc3Cl)cc(-c3ccccc3)nc12. The zero-order valence-corrected chi connectivity index (χ0v) is 13.7. The van der Waals surface area contributed by atoms with Crippen molar-refractivity contribution in [3.05, 3.63) is 77.4 Å². The molecule has 0 spiro atoms. The summed E-state index contributed by atoms with van der Waals surface area (Å²) < 4.78 is 1.51. The average Bonchev–Trinajstić information content (AvgIpc) is 3.06. The molecule has 0 aliphatic rings. The molecule has 2 aromatic heterocycles. The van der Waals surface area contributed by atoms with Gasteiger partial charge in [0.15, 0.2) is 5.65 Å². The lowest BCUT2D eigenvalue weighted by molar-refractivity contribution is 0.0699. The first kappa shape index (κ1) is 15.4. The van der Waals surface area contributed by atoms with Gasteiger partial charge >= 0.3 is 5.97 Å². The molecule has 0 atom stereocenters. The van der Waals surface area contributed by atoms with Gasteiger partial charge in [-0.05, 0) is 12.1 Å². The fraction of sp³-hybridized carbons (Fsp3) is 0. The second-order valence-electron chi connectivity index (χ2n) is 5.47. The van der Waals surface area contributed by atoms with Crippen molar-refractivity contribution >= 4 is 23.2 Å². The second kappa shape index (κ2) is 6.03. The lowest BCUT2D eigenvalue weighted by Gasteiger charge is -2.10. The van der Waals surface area contributed by atoms with Crippen LogP contribution in [0.2, 0.25) is 5.02 Å². The van der Waals surface area contributed by atoms with Crippen molar-refractivity contribution in [1.82, 2.24) is 14.6 Å². The summed E-state index contributed by atoms with van der Waals surface area (Å²) in [7, 11) is 0. The Morgan fingerprint density at radius 2 is 1.76 bits per heavy atom. The minimum atomic E-state index is -1.07. The number of carbonyl (C=O) groups is 1. The summed E-state index contributed by atoms with van der Waals surface area (Å²) in [5.41, 5.74) is 3.31. The van der Waals surface area contributed by atoms with Crippen LogP contribution >= 0.6 is 11.6 Å². The Hall–Kier alpha value is -3.18. The Balaban J connectivity index is 2.07. The minimum absolute atomic E-state index is 0.0473. The average molecular weight is 350 g/mol. The Labute approximate surface area is 148 Å². The van der Waals surface area contributed by atoms with Gasteiger partial charge in [-0.25, -0.2) is 14.3 Å². The lowest BCUT2D eigenvalue weighted by atomic mass is 10.1. The molecule has 0 unspecified atom stereocenters. The van der Waals surface area contributed by atoms with Crippen molar-refractivity contribution < 1.29 is 9.90 Å². The maximum absolute atomic E-state index is 11.5. The Kier molecular flexibility index (Phi) is 3.71. The van der Waals surface area contributed by atoms with Crippen LogP contribution in [0, 0.1) is 0 Å². The summed E-state index contributed by atoms with van der Waals surface area (Å²) in [5, 5.41) is 14.2. The quantitative estimate of drug-likeness (QED) is 0.594. The highest BCUT2D eigenvalue weighted by Gasteiger charge is 2.18. The van der Waals surface area contributed by atoms with Gasteiger partial charge in [-0.15, -0.1) is 0 Å². The van der Waals surface area contributed by atoms with E-state index in [9.17, 15) is 9.90 Å². The number of aromatic carboxylic acids is 1. The van der Waals surface area contributed by atoms with E-state index in [2.05, 4.69) is 10.1 Å². The number of hydrogen-bond acceptors (Lipinski definition) is 3. The van der Waals surface area contributed by atoms with Gasteiger partial charge in [-0.1, -0.05) is 60.1 Å². The van der Waals surface area contributed by atoms with E-state index in [-0.39, 0.29) is 11.2 Å². The third kappa shape index (κ3) is 2.64. The van der Waals surface area contributed by atoms with Gasteiger partial charge in [-0.2, -0.15) is 5.10 Å². The van der Waals surface area contributed by atoms with Crippen molar-refractivity contribution in [2.24, 2.45) is 0 Å². The molecule has 5 nitrogen and oxygen atoms in total. The molecule has 2 aromatic carbocycles. The predicted molar refractivity (Wildman–Crippen MR) is 95.8 cm³/mol. The van der Waals surface area contributed by atoms with E-state index in [1.165, 1.54) is 10.7 Å². The number of aromatic nitrogens is 3. The van der Waals surface area contributed by atoms with Gasteiger partial charge in [0.25, 0.3) is 0 Å². The van der Waals surface area contributed by atoms with Gasteiger partial charge in [0.05, 0.1) is 17.6 Å². The number of carboxylic acid groups (broad SMARTS) is 1. The topological polar surface area (TPSA) is 67.5 Å². The molecule has 122 valence electrons. The van der Waals surface area contributed by atoms with Crippen LogP contribution in [-0.4, -0.2) is 25.7 Å². The summed E-state index contributed by atoms with van der Waals surface area (Å²) in [4.78, 5) is 16.0. The molecule has 6 heteroatoms. The third-order valence-electron chi connectivity index (χ3n) is 3.92. The van der Waals surface area contributed by atoms with E-state index >= 15 is 0 Å². The van der Waals surface area contributed by atoms with Gasteiger partial charge in [0, 0.05) is 16.1 Å². The molecule has 4 rings (SSSR count). The summed E-state index contributed by atoms with van der Waals surface area (Å²) in [6.45, 7) is 0. The van der Waals surface area contributed by atoms with Crippen LogP contribution in [-0.2, 0) is 0 Å². The smallest absolute Gasteiger partial charge is 0.341 e. The minimum Gasteiger partial charge on any atom is -0.477 e. The van der Waals surface area contributed by atoms with Crippen molar-refractivity contribution in [3.63, 3.8) is 0 Å². The van der Waals surface area contributed by atoms with Crippen molar-refractivity contribution in [2.75, 3.05) is 0 Å². The standard InChI is InChI=1S/C19H12ClN3O2/c20-15-9-5-4-8-13(15)17-10-16(12-6-2-1-3-7-12)22-18-14(19(24)25)11-21-23(17)18/h1-11H,(H,24,25). The van der Waals surface area contributed by atoms with Crippen LogP contribution in [0.5, 0.6) is 0 Å². The molecule has 1 N–H and O–H groups in total. The molecule has 0 aliphatic heterocycles. The van der Waals surface area contributed by atoms with E-state index < -0.39 is 5.97 Å². The number of carboxylic acids is 1. The maximum Gasteiger partial charge on any atom is 0.341 e. The highest BCUT2D eigenvalue weighted by atomic mass is 35.5. The highest BCUT2D eigenvalue weighted by Crippen LogP contribution is 2.31. The molecule has 25 heavy (non-hydrogen) atoms. The third-order valence-corrected chi connectivity index (χ3v) is 4.25. The number of fused-ring (bicyclic) bond motifs is 1. The van der Waals surface area contributed by atoms with Crippen LogP contribution in [0.15, 0.2) is 66.9 Å². The van der Waals surface area contributed by atoms with E-state index in [0.29, 0.717) is 16.4 Å². The zero-order valence-electron chi connectivity index (χ0n) is 12.9. The van der Waals surface area contributed by atoms with Crippen LogP contribution in [0.4, 0.5) is 0 Å². The maximum atomic E-state index is 11.5. The molecular weight excluding hydrogens is 338 g/mol. The first-order valence-corrected chi connectivity index (χ1v) is 7.95. The zero-order chi connectivity index (χ0) is 17.4. The van der Waals surface area contributed by atoms with Crippen LogP contribution in [0.1, 0.15) is 10.4 Å². The molecule has 0 saturated carbocycles. The summed E-state index contributed by atoms with van der Waals surface area (Å²) in [6, 6.07) is 18.8. The van der Waals surface area contributed by atoms with Crippen molar-refractivity contribution in [3.8, 4) is 22.5 Å². The van der Waals surface area contributed by atoms with Gasteiger partial charge in [-0.3, -0.25) is 0 Å². The number of hydrogen-bond donors (Lipinski definition) is 1. The summed E-state index contributed by atoms with van der Waals surface area (Å²) in [6.07, 6.45) is 1.31. The van der Waals surface area contributed by atoms with Crippen molar-refractivity contribution in [1.29, 1.82) is 0 Å². The van der Waals surface area contributed by atoms with E-state index in [4.69, 9.17) is 11.6 Å². The molecule has 0 saturated heterocycles.